The molecule has 1 atom stereocenters. The summed E-state index contributed by atoms with van der Waals surface area (Å²) in [4.78, 5) is 12.5. The molecule has 152 valence electrons. The second kappa shape index (κ2) is 9.71. The van der Waals surface area contributed by atoms with Crippen LogP contribution in [0.3, 0.4) is 0 Å². The number of carbonyl (C=O) groups excluding carboxylic acids is 1. The molecule has 2 N–H and O–H groups in total. The minimum absolute atomic E-state index is 0.0948. The maximum atomic E-state index is 12.3. The third-order valence-corrected chi connectivity index (χ3v) is 5.80. The van der Waals surface area contributed by atoms with Crippen molar-refractivity contribution >= 4 is 15.9 Å². The molecule has 0 saturated heterocycles. The number of ether oxygens (including phenoxy) is 1. The third kappa shape index (κ3) is 6.07. The predicted molar refractivity (Wildman–Crippen MR) is 110 cm³/mol. The van der Waals surface area contributed by atoms with E-state index >= 15 is 0 Å². The minimum Gasteiger partial charge on any atom is -0.481 e. The molecule has 28 heavy (non-hydrogen) atoms. The van der Waals surface area contributed by atoms with Gasteiger partial charge in [0.1, 0.15) is 5.75 Å². The van der Waals surface area contributed by atoms with Gasteiger partial charge in [0, 0.05) is 13.1 Å². The average molecular weight is 405 g/mol. The molecular weight excluding hydrogens is 376 g/mol. The summed E-state index contributed by atoms with van der Waals surface area (Å²) in [6.45, 7) is 8.07. The van der Waals surface area contributed by atoms with E-state index in [4.69, 9.17) is 4.74 Å². The Balaban J connectivity index is 1.84. The first kappa shape index (κ1) is 21.9. The van der Waals surface area contributed by atoms with Crippen LogP contribution in [0.4, 0.5) is 0 Å². The number of hydrogen-bond acceptors (Lipinski definition) is 4. The van der Waals surface area contributed by atoms with Crippen molar-refractivity contribution in [1.29, 1.82) is 0 Å². The largest absolute Gasteiger partial charge is 0.481 e. The van der Waals surface area contributed by atoms with Gasteiger partial charge in [-0.2, -0.15) is 0 Å². The van der Waals surface area contributed by atoms with Crippen molar-refractivity contribution in [2.75, 3.05) is 13.1 Å². The van der Waals surface area contributed by atoms with Gasteiger partial charge in [-0.3, -0.25) is 4.79 Å². The number of rotatable bonds is 9. The minimum atomic E-state index is -3.58. The van der Waals surface area contributed by atoms with Crippen LogP contribution in [-0.4, -0.2) is 33.5 Å². The maximum Gasteiger partial charge on any atom is 0.260 e. The Morgan fingerprint density at radius 2 is 1.71 bits per heavy atom. The Bertz CT molecular complexity index is 896. The van der Waals surface area contributed by atoms with E-state index in [0.29, 0.717) is 11.7 Å². The highest BCUT2D eigenvalue weighted by Crippen LogP contribution is 2.25. The quantitative estimate of drug-likeness (QED) is 0.629. The van der Waals surface area contributed by atoms with E-state index in [0.717, 1.165) is 11.1 Å². The van der Waals surface area contributed by atoms with E-state index in [1.807, 2.05) is 19.1 Å². The monoisotopic (exact) mass is 404 g/mol. The Morgan fingerprint density at radius 3 is 2.36 bits per heavy atom. The lowest BCUT2D eigenvalue weighted by atomic mass is 10.0. The van der Waals surface area contributed by atoms with Crippen molar-refractivity contribution < 1.29 is 17.9 Å². The average Bonchev–Trinajstić information content (AvgIpc) is 2.67. The molecule has 0 aromatic heterocycles. The summed E-state index contributed by atoms with van der Waals surface area (Å²) in [6.07, 6.45) is -0.688. The van der Waals surface area contributed by atoms with Crippen molar-refractivity contribution in [1.82, 2.24) is 10.0 Å². The van der Waals surface area contributed by atoms with E-state index in [1.54, 1.807) is 25.1 Å². The van der Waals surface area contributed by atoms with Crippen LogP contribution in [0.5, 0.6) is 5.75 Å². The van der Waals surface area contributed by atoms with E-state index in [9.17, 15) is 13.2 Å². The number of hydrogen-bond donors (Lipinski definition) is 2. The van der Waals surface area contributed by atoms with Gasteiger partial charge in [-0.15, -0.1) is 0 Å². The predicted octanol–water partition coefficient (Wildman–Crippen LogP) is 2.98. The zero-order valence-electron chi connectivity index (χ0n) is 16.7. The smallest absolute Gasteiger partial charge is 0.260 e. The molecule has 2 rings (SSSR count). The van der Waals surface area contributed by atoms with E-state index < -0.39 is 16.1 Å². The summed E-state index contributed by atoms with van der Waals surface area (Å²) in [5.74, 6) is 0.747. The zero-order valence-corrected chi connectivity index (χ0v) is 17.5. The molecular formula is C21H28N2O4S. The van der Waals surface area contributed by atoms with Crippen LogP contribution < -0.4 is 14.8 Å². The lowest BCUT2D eigenvalue weighted by molar-refractivity contribution is -0.127. The lowest BCUT2D eigenvalue weighted by Gasteiger charge is -2.18. The molecule has 6 nitrogen and oxygen atoms in total. The van der Waals surface area contributed by atoms with Crippen molar-refractivity contribution in [3.8, 4) is 5.75 Å². The van der Waals surface area contributed by atoms with Gasteiger partial charge in [0.2, 0.25) is 10.0 Å². The molecule has 0 bridgehead atoms. The summed E-state index contributed by atoms with van der Waals surface area (Å²) in [5.41, 5.74) is 2.10. The number of benzene rings is 2. The fourth-order valence-corrected chi connectivity index (χ4v) is 3.60. The molecule has 1 amide bonds. The van der Waals surface area contributed by atoms with Gasteiger partial charge in [0.05, 0.1) is 4.90 Å². The molecule has 2 aromatic rings. The van der Waals surface area contributed by atoms with Crippen molar-refractivity contribution in [2.24, 2.45) is 0 Å². The fourth-order valence-electron chi connectivity index (χ4n) is 2.54. The second-order valence-corrected chi connectivity index (χ2v) is 8.71. The summed E-state index contributed by atoms with van der Waals surface area (Å²) in [7, 11) is -3.58. The van der Waals surface area contributed by atoms with Crippen LogP contribution in [-0.2, 0) is 14.8 Å². The first-order chi connectivity index (χ1) is 13.2. The summed E-state index contributed by atoms with van der Waals surface area (Å²) in [6, 6.07) is 14.1. The topological polar surface area (TPSA) is 84.5 Å². The van der Waals surface area contributed by atoms with E-state index in [1.165, 1.54) is 12.1 Å². The van der Waals surface area contributed by atoms with Gasteiger partial charge in [-0.25, -0.2) is 13.1 Å². The van der Waals surface area contributed by atoms with Gasteiger partial charge in [0.15, 0.2) is 6.10 Å². The van der Waals surface area contributed by atoms with Crippen LogP contribution >= 0.6 is 0 Å². The molecule has 0 saturated carbocycles. The SMILES string of the molecule is Cc1ccc(C(C)C)cc1OC(C)C(=O)NCCNS(=O)(=O)c1ccccc1. The molecule has 0 aliphatic carbocycles. The Labute approximate surface area is 167 Å². The number of nitrogens with one attached hydrogen (secondary N) is 2. The summed E-state index contributed by atoms with van der Waals surface area (Å²) in [5, 5.41) is 2.69. The Hall–Kier alpha value is -2.38. The first-order valence-corrected chi connectivity index (χ1v) is 10.8. The third-order valence-electron chi connectivity index (χ3n) is 4.32. The molecule has 0 radical (unpaired) electrons. The molecule has 0 aliphatic rings. The van der Waals surface area contributed by atoms with Gasteiger partial charge in [0.25, 0.3) is 5.91 Å². The molecule has 0 spiro atoms. The molecule has 7 heteroatoms. The highest BCUT2D eigenvalue weighted by Gasteiger charge is 2.17. The van der Waals surface area contributed by atoms with E-state index in [-0.39, 0.29) is 23.9 Å². The van der Waals surface area contributed by atoms with Crippen LogP contribution in [0, 0.1) is 6.92 Å². The second-order valence-electron chi connectivity index (χ2n) is 6.94. The molecule has 0 heterocycles. The maximum absolute atomic E-state index is 12.3. The molecule has 0 fully saturated rings. The first-order valence-electron chi connectivity index (χ1n) is 9.30. The van der Waals surface area contributed by atoms with Crippen LogP contribution in [0.1, 0.15) is 37.8 Å². The fraction of sp³-hybridized carbons (Fsp3) is 0.381. The van der Waals surface area contributed by atoms with Crippen LogP contribution in [0.15, 0.2) is 53.4 Å². The molecule has 0 aliphatic heterocycles. The Morgan fingerprint density at radius 1 is 1.04 bits per heavy atom. The molecule has 2 aromatic carbocycles. The highest BCUT2D eigenvalue weighted by atomic mass is 32.2. The number of sulfonamides is 1. The zero-order chi connectivity index (χ0) is 20.7. The molecule has 1 unspecified atom stereocenters. The van der Waals surface area contributed by atoms with E-state index in [2.05, 4.69) is 30.0 Å². The van der Waals surface area contributed by atoms with Crippen LogP contribution in [0.2, 0.25) is 0 Å². The van der Waals surface area contributed by atoms with Gasteiger partial charge >= 0.3 is 0 Å². The lowest BCUT2D eigenvalue weighted by Crippen LogP contribution is -2.40. The van der Waals surface area contributed by atoms with Gasteiger partial charge < -0.3 is 10.1 Å². The summed E-state index contributed by atoms with van der Waals surface area (Å²) >= 11 is 0. The normalized spacial score (nSPS) is 12.6. The number of amides is 1. The summed E-state index contributed by atoms with van der Waals surface area (Å²) < 4.78 is 32.5. The van der Waals surface area contributed by atoms with Crippen molar-refractivity contribution in [3.63, 3.8) is 0 Å². The standard InChI is InChI=1S/C21H28N2O4S/c1-15(2)18-11-10-16(3)20(14-18)27-17(4)21(24)22-12-13-23-28(25,26)19-8-6-5-7-9-19/h5-11,14-15,17,23H,12-13H2,1-4H3,(H,22,24). The number of carbonyl (C=O) groups is 1. The van der Waals surface area contributed by atoms with Crippen molar-refractivity contribution in [2.45, 2.75) is 44.6 Å². The Kier molecular flexibility index (Phi) is 7.60. The highest BCUT2D eigenvalue weighted by molar-refractivity contribution is 7.89. The van der Waals surface area contributed by atoms with Crippen LogP contribution in [0.25, 0.3) is 0 Å². The van der Waals surface area contributed by atoms with Gasteiger partial charge in [-0.1, -0.05) is 44.2 Å². The van der Waals surface area contributed by atoms with Crippen molar-refractivity contribution in [3.05, 3.63) is 59.7 Å². The van der Waals surface area contributed by atoms with Gasteiger partial charge in [-0.05, 0) is 49.1 Å². The number of aryl methyl sites for hydroxylation is 1.